The fraction of sp³-hybridized carbons (Fsp3) is 0.923. The Morgan fingerprint density at radius 1 is 1.07 bits per heavy atom. The molecule has 1 saturated carbocycles. The van der Waals surface area contributed by atoms with Gasteiger partial charge in [0.2, 0.25) is 6.41 Å². The number of rotatable bonds is 6. The fourth-order valence-electron chi connectivity index (χ4n) is 2.95. The first-order valence-electron chi connectivity index (χ1n) is 6.47. The van der Waals surface area contributed by atoms with Gasteiger partial charge in [-0.15, -0.1) is 0 Å². The summed E-state index contributed by atoms with van der Waals surface area (Å²) in [4.78, 5) is 10.2. The third-order valence-electron chi connectivity index (χ3n) is 3.93. The molecule has 2 atom stereocenters. The van der Waals surface area contributed by atoms with Gasteiger partial charge in [-0.05, 0) is 43.4 Å². The van der Waals surface area contributed by atoms with E-state index in [1.807, 2.05) is 0 Å². The number of carbonyl (C=O) groups excluding carboxylic acids is 1. The van der Waals surface area contributed by atoms with Gasteiger partial charge in [-0.1, -0.05) is 26.7 Å². The highest BCUT2D eigenvalue weighted by molar-refractivity contribution is 5.45. The molecule has 1 rings (SSSR count). The predicted molar refractivity (Wildman–Crippen MR) is 63.6 cm³/mol. The smallest absolute Gasteiger partial charge is 0.207 e. The molecule has 1 N–H and O–H groups in total. The Labute approximate surface area is 93.8 Å². The van der Waals surface area contributed by atoms with Crippen LogP contribution >= 0.6 is 0 Å². The van der Waals surface area contributed by atoms with E-state index in [2.05, 4.69) is 19.2 Å². The zero-order valence-corrected chi connectivity index (χ0v) is 10.2. The Hall–Kier alpha value is -0.530. The van der Waals surface area contributed by atoms with Crippen molar-refractivity contribution < 1.29 is 4.79 Å². The molecule has 0 spiro atoms. The van der Waals surface area contributed by atoms with Gasteiger partial charge in [-0.3, -0.25) is 4.79 Å². The van der Waals surface area contributed by atoms with E-state index in [0.717, 1.165) is 30.7 Å². The summed E-state index contributed by atoms with van der Waals surface area (Å²) in [6, 6.07) is 0. The molecule has 0 aliphatic heterocycles. The van der Waals surface area contributed by atoms with Gasteiger partial charge < -0.3 is 5.32 Å². The normalized spacial score (nSPS) is 31.2. The summed E-state index contributed by atoms with van der Waals surface area (Å²) in [5, 5.41) is 2.78. The summed E-state index contributed by atoms with van der Waals surface area (Å²) in [5.74, 6) is 2.72. The first kappa shape index (κ1) is 12.5. The van der Waals surface area contributed by atoms with Crippen LogP contribution in [-0.4, -0.2) is 13.0 Å². The topological polar surface area (TPSA) is 29.1 Å². The Balaban J connectivity index is 2.32. The number of hydrogen-bond acceptors (Lipinski definition) is 1. The molecule has 0 bridgehead atoms. The van der Waals surface area contributed by atoms with Crippen molar-refractivity contribution in [3.05, 3.63) is 0 Å². The van der Waals surface area contributed by atoms with Crippen molar-refractivity contribution in [3.8, 4) is 0 Å². The molecule has 2 nitrogen and oxygen atoms in total. The van der Waals surface area contributed by atoms with E-state index in [1.54, 1.807) is 0 Å². The standard InChI is InChI=1S/C13H25NO/c1-3-11-7-12(4-2)9-13(8-11)5-6-14-10-15/h10-13H,3-9H2,1-2H3,(H,14,15). The minimum absolute atomic E-state index is 0.817. The van der Waals surface area contributed by atoms with E-state index in [9.17, 15) is 4.79 Å². The van der Waals surface area contributed by atoms with Crippen LogP contribution in [0.15, 0.2) is 0 Å². The molecule has 1 aliphatic carbocycles. The summed E-state index contributed by atoms with van der Waals surface area (Å²) in [7, 11) is 0. The SMILES string of the molecule is CCC1CC(CC)CC(CCNC=O)C1. The van der Waals surface area contributed by atoms with Gasteiger partial charge in [-0.2, -0.15) is 0 Å². The molecule has 1 amide bonds. The second kappa shape index (κ2) is 6.86. The van der Waals surface area contributed by atoms with Crippen LogP contribution in [-0.2, 0) is 4.79 Å². The maximum Gasteiger partial charge on any atom is 0.207 e. The Morgan fingerprint density at radius 3 is 2.07 bits per heavy atom. The van der Waals surface area contributed by atoms with Crippen LogP contribution in [0.4, 0.5) is 0 Å². The lowest BCUT2D eigenvalue weighted by molar-refractivity contribution is -0.109. The first-order valence-corrected chi connectivity index (χ1v) is 6.47. The van der Waals surface area contributed by atoms with Gasteiger partial charge in [0.25, 0.3) is 0 Å². The van der Waals surface area contributed by atoms with Crippen molar-refractivity contribution in [1.82, 2.24) is 5.32 Å². The lowest BCUT2D eigenvalue weighted by Gasteiger charge is -2.34. The van der Waals surface area contributed by atoms with Crippen LogP contribution in [0, 0.1) is 17.8 Å². The summed E-state index contributed by atoms with van der Waals surface area (Å²) < 4.78 is 0. The van der Waals surface area contributed by atoms with E-state index in [-0.39, 0.29) is 0 Å². The van der Waals surface area contributed by atoms with Gasteiger partial charge in [-0.25, -0.2) is 0 Å². The summed E-state index contributed by atoms with van der Waals surface area (Å²) in [5.41, 5.74) is 0. The second-order valence-corrected chi connectivity index (χ2v) is 4.98. The number of hydrogen-bond donors (Lipinski definition) is 1. The highest BCUT2D eigenvalue weighted by atomic mass is 16.1. The van der Waals surface area contributed by atoms with Crippen molar-refractivity contribution >= 4 is 6.41 Å². The number of carbonyl (C=O) groups is 1. The minimum Gasteiger partial charge on any atom is -0.359 e. The molecule has 2 unspecified atom stereocenters. The van der Waals surface area contributed by atoms with Crippen LogP contribution in [0.2, 0.25) is 0 Å². The summed E-state index contributed by atoms with van der Waals surface area (Å²) >= 11 is 0. The zero-order valence-electron chi connectivity index (χ0n) is 10.2. The van der Waals surface area contributed by atoms with Crippen molar-refractivity contribution in [2.45, 2.75) is 52.4 Å². The van der Waals surface area contributed by atoms with Crippen molar-refractivity contribution in [1.29, 1.82) is 0 Å². The maximum atomic E-state index is 10.2. The Bertz CT molecular complexity index is 169. The zero-order chi connectivity index (χ0) is 11.1. The largest absolute Gasteiger partial charge is 0.359 e. The average Bonchev–Trinajstić information content (AvgIpc) is 2.29. The van der Waals surface area contributed by atoms with E-state index in [1.165, 1.54) is 38.5 Å². The highest BCUT2D eigenvalue weighted by Crippen LogP contribution is 2.37. The molecule has 0 heterocycles. The molecule has 0 aromatic carbocycles. The lowest BCUT2D eigenvalue weighted by atomic mass is 9.72. The quantitative estimate of drug-likeness (QED) is 0.531. The molecule has 0 aromatic heterocycles. The van der Waals surface area contributed by atoms with Crippen molar-refractivity contribution in [2.24, 2.45) is 17.8 Å². The Kier molecular flexibility index (Phi) is 5.74. The van der Waals surface area contributed by atoms with E-state index in [0.29, 0.717) is 0 Å². The Morgan fingerprint density at radius 2 is 1.60 bits per heavy atom. The van der Waals surface area contributed by atoms with Gasteiger partial charge in [0.05, 0.1) is 0 Å². The highest BCUT2D eigenvalue weighted by Gasteiger charge is 2.26. The third-order valence-corrected chi connectivity index (χ3v) is 3.93. The molecule has 2 heteroatoms. The van der Waals surface area contributed by atoms with Crippen molar-refractivity contribution in [2.75, 3.05) is 6.54 Å². The third kappa shape index (κ3) is 4.23. The molecular weight excluding hydrogens is 186 g/mol. The first-order chi connectivity index (χ1) is 7.30. The van der Waals surface area contributed by atoms with Gasteiger partial charge in [0.15, 0.2) is 0 Å². The second-order valence-electron chi connectivity index (χ2n) is 4.98. The molecular formula is C13H25NO. The van der Waals surface area contributed by atoms with Crippen molar-refractivity contribution in [3.63, 3.8) is 0 Å². The molecule has 0 aromatic rings. The van der Waals surface area contributed by atoms with E-state index >= 15 is 0 Å². The molecule has 88 valence electrons. The molecule has 1 fully saturated rings. The summed E-state index contributed by atoms with van der Waals surface area (Å²) in [6.45, 7) is 5.48. The average molecular weight is 211 g/mol. The molecule has 0 saturated heterocycles. The minimum atomic E-state index is 0.817. The van der Waals surface area contributed by atoms with E-state index < -0.39 is 0 Å². The lowest BCUT2D eigenvalue weighted by Crippen LogP contribution is -2.25. The number of nitrogens with one attached hydrogen (secondary N) is 1. The summed E-state index contributed by atoms with van der Waals surface area (Å²) in [6.07, 6.45) is 8.84. The van der Waals surface area contributed by atoms with Crippen LogP contribution in [0.5, 0.6) is 0 Å². The van der Waals surface area contributed by atoms with E-state index in [4.69, 9.17) is 0 Å². The van der Waals surface area contributed by atoms with Crippen LogP contribution in [0.3, 0.4) is 0 Å². The van der Waals surface area contributed by atoms with Gasteiger partial charge >= 0.3 is 0 Å². The van der Waals surface area contributed by atoms with Gasteiger partial charge in [0.1, 0.15) is 0 Å². The van der Waals surface area contributed by atoms with Crippen LogP contribution in [0.1, 0.15) is 52.4 Å². The van der Waals surface area contributed by atoms with Crippen LogP contribution < -0.4 is 5.32 Å². The number of amides is 1. The van der Waals surface area contributed by atoms with Crippen LogP contribution in [0.25, 0.3) is 0 Å². The maximum absolute atomic E-state index is 10.2. The monoisotopic (exact) mass is 211 g/mol. The molecule has 1 aliphatic rings. The fourth-order valence-corrected chi connectivity index (χ4v) is 2.95. The molecule has 15 heavy (non-hydrogen) atoms. The molecule has 0 radical (unpaired) electrons. The van der Waals surface area contributed by atoms with Gasteiger partial charge in [0, 0.05) is 6.54 Å². The predicted octanol–water partition coefficient (Wildman–Crippen LogP) is 2.98.